The zero-order chi connectivity index (χ0) is 12.2. The predicted molar refractivity (Wildman–Crippen MR) is 68.1 cm³/mol. The van der Waals surface area contributed by atoms with Gasteiger partial charge >= 0.3 is 0 Å². The molecule has 0 saturated carbocycles. The third-order valence-corrected chi connectivity index (χ3v) is 4.74. The number of guanidine groups is 1. The van der Waals surface area contributed by atoms with Crippen molar-refractivity contribution in [3.05, 3.63) is 21.4 Å². The number of nitrogens with zero attached hydrogens (tertiary/aromatic N) is 2. The van der Waals surface area contributed by atoms with Crippen molar-refractivity contribution >= 4 is 23.2 Å². The number of amides is 1. The highest BCUT2D eigenvalue weighted by molar-refractivity contribution is 7.12. The summed E-state index contributed by atoms with van der Waals surface area (Å²) in [5.41, 5.74) is 6.17. The number of rotatable bonds is 0. The van der Waals surface area contributed by atoms with E-state index in [0.29, 0.717) is 5.96 Å². The lowest BCUT2D eigenvalue weighted by Gasteiger charge is -2.29. The molecule has 1 aliphatic carbocycles. The van der Waals surface area contributed by atoms with E-state index >= 15 is 0 Å². The average Bonchev–Trinajstić information content (AvgIpc) is 2.76. The van der Waals surface area contributed by atoms with Crippen LogP contribution in [0.25, 0.3) is 0 Å². The van der Waals surface area contributed by atoms with Gasteiger partial charge in [-0.2, -0.15) is 0 Å². The molecule has 90 valence electrons. The van der Waals surface area contributed by atoms with Crippen LogP contribution in [-0.2, 0) is 16.8 Å². The van der Waals surface area contributed by atoms with Crippen molar-refractivity contribution in [1.29, 1.82) is 0 Å². The Morgan fingerprint density at radius 3 is 3.00 bits per heavy atom. The van der Waals surface area contributed by atoms with Crippen LogP contribution in [0, 0.1) is 6.92 Å². The fraction of sp³-hybridized carbons (Fsp3) is 0.500. The Morgan fingerprint density at radius 1 is 1.59 bits per heavy atom. The van der Waals surface area contributed by atoms with Crippen molar-refractivity contribution in [2.75, 3.05) is 7.05 Å². The third kappa shape index (κ3) is 1.29. The number of nitrogens with two attached hydrogens (primary N) is 1. The van der Waals surface area contributed by atoms with Gasteiger partial charge in [0.05, 0.1) is 0 Å². The molecule has 1 atom stereocenters. The first kappa shape index (κ1) is 10.8. The van der Waals surface area contributed by atoms with Gasteiger partial charge in [0.2, 0.25) is 0 Å². The molecule has 2 aliphatic rings. The summed E-state index contributed by atoms with van der Waals surface area (Å²) in [6, 6.07) is 2.10. The van der Waals surface area contributed by atoms with Crippen molar-refractivity contribution in [3.8, 4) is 0 Å². The largest absolute Gasteiger partial charge is 0.369 e. The standard InChI is InChI=1S/C12H15N3OS/c1-7-6-8-9(17-7)4-3-5-12(8)10(16)15(2)11(13)14-12/h6H,3-5H2,1-2H3,(H2,13,14). The molecule has 17 heavy (non-hydrogen) atoms. The van der Waals surface area contributed by atoms with Gasteiger partial charge in [0.25, 0.3) is 5.91 Å². The molecule has 0 radical (unpaired) electrons. The Balaban J connectivity index is 2.20. The summed E-state index contributed by atoms with van der Waals surface area (Å²) in [5.74, 6) is 0.362. The number of hydrogen-bond donors (Lipinski definition) is 1. The van der Waals surface area contributed by atoms with Gasteiger partial charge in [-0.05, 0) is 32.3 Å². The molecule has 1 aliphatic heterocycles. The van der Waals surface area contributed by atoms with Gasteiger partial charge in [-0.3, -0.25) is 9.69 Å². The zero-order valence-electron chi connectivity index (χ0n) is 9.99. The van der Waals surface area contributed by atoms with Crippen molar-refractivity contribution in [3.63, 3.8) is 0 Å². The minimum Gasteiger partial charge on any atom is -0.369 e. The van der Waals surface area contributed by atoms with Crippen LogP contribution in [-0.4, -0.2) is 23.8 Å². The second-order valence-electron chi connectivity index (χ2n) is 4.74. The molecule has 2 heterocycles. The summed E-state index contributed by atoms with van der Waals surface area (Å²) in [5, 5.41) is 0. The summed E-state index contributed by atoms with van der Waals surface area (Å²) >= 11 is 1.77. The van der Waals surface area contributed by atoms with E-state index in [9.17, 15) is 4.79 Å². The van der Waals surface area contributed by atoms with Crippen LogP contribution in [0.3, 0.4) is 0 Å². The third-order valence-electron chi connectivity index (χ3n) is 3.63. The second-order valence-corrected chi connectivity index (χ2v) is 6.08. The van der Waals surface area contributed by atoms with Gasteiger partial charge in [-0.1, -0.05) is 0 Å². The van der Waals surface area contributed by atoms with Crippen LogP contribution >= 0.6 is 11.3 Å². The Hall–Kier alpha value is -1.36. The summed E-state index contributed by atoms with van der Waals surface area (Å²) in [7, 11) is 1.70. The predicted octanol–water partition coefficient (Wildman–Crippen LogP) is 1.37. The van der Waals surface area contributed by atoms with Crippen molar-refractivity contribution in [2.24, 2.45) is 10.7 Å². The van der Waals surface area contributed by atoms with Gasteiger partial charge < -0.3 is 5.73 Å². The molecule has 1 aromatic rings. The number of fused-ring (bicyclic) bond motifs is 2. The van der Waals surface area contributed by atoms with E-state index in [2.05, 4.69) is 18.0 Å². The monoisotopic (exact) mass is 249 g/mol. The summed E-state index contributed by atoms with van der Waals surface area (Å²) < 4.78 is 0. The van der Waals surface area contributed by atoms with Crippen LogP contribution in [0.4, 0.5) is 0 Å². The van der Waals surface area contributed by atoms with Crippen LogP contribution in [0.15, 0.2) is 11.1 Å². The molecule has 0 fully saturated rings. The van der Waals surface area contributed by atoms with E-state index in [1.807, 2.05) is 0 Å². The fourth-order valence-corrected chi connectivity index (χ4v) is 3.93. The first-order valence-electron chi connectivity index (χ1n) is 5.78. The molecule has 0 saturated heterocycles. The topological polar surface area (TPSA) is 58.7 Å². The SMILES string of the molecule is Cc1cc2c(s1)CCCC21N=C(N)N(C)C1=O. The Labute approximate surface area is 104 Å². The highest BCUT2D eigenvalue weighted by Gasteiger charge is 2.50. The first-order valence-corrected chi connectivity index (χ1v) is 6.59. The minimum absolute atomic E-state index is 0.0220. The van der Waals surface area contributed by atoms with Gasteiger partial charge in [0.1, 0.15) is 0 Å². The molecule has 4 nitrogen and oxygen atoms in total. The fourth-order valence-electron chi connectivity index (χ4n) is 2.78. The van der Waals surface area contributed by atoms with E-state index in [0.717, 1.165) is 24.8 Å². The number of hydrogen-bond acceptors (Lipinski definition) is 4. The van der Waals surface area contributed by atoms with E-state index in [-0.39, 0.29) is 5.91 Å². The van der Waals surface area contributed by atoms with Crippen LogP contribution < -0.4 is 5.73 Å². The van der Waals surface area contributed by atoms with Gasteiger partial charge in [-0.15, -0.1) is 11.3 Å². The van der Waals surface area contributed by atoms with Crippen molar-refractivity contribution in [1.82, 2.24) is 4.90 Å². The number of thiophene rings is 1. The normalized spacial score (nSPS) is 27.5. The van der Waals surface area contributed by atoms with Gasteiger partial charge in [0, 0.05) is 22.4 Å². The van der Waals surface area contributed by atoms with Gasteiger partial charge in [-0.25, -0.2) is 4.99 Å². The molecular formula is C12H15N3OS. The lowest BCUT2D eigenvalue weighted by atomic mass is 9.80. The Kier molecular flexibility index (Phi) is 2.10. The molecule has 3 rings (SSSR count). The first-order chi connectivity index (χ1) is 8.04. The molecule has 0 bridgehead atoms. The Morgan fingerprint density at radius 2 is 2.35 bits per heavy atom. The molecule has 2 N–H and O–H groups in total. The summed E-state index contributed by atoms with van der Waals surface area (Å²) in [6.07, 6.45) is 2.84. The average molecular weight is 249 g/mol. The van der Waals surface area contributed by atoms with Crippen LogP contribution in [0.2, 0.25) is 0 Å². The second kappa shape index (κ2) is 3.32. The van der Waals surface area contributed by atoms with Gasteiger partial charge in [0.15, 0.2) is 11.5 Å². The van der Waals surface area contributed by atoms with Crippen LogP contribution in [0.5, 0.6) is 0 Å². The van der Waals surface area contributed by atoms with Crippen molar-refractivity contribution < 1.29 is 4.79 Å². The molecule has 1 amide bonds. The quantitative estimate of drug-likeness (QED) is 0.755. The number of aryl methyl sites for hydroxylation is 2. The number of likely N-dealkylation sites (N-methyl/N-ethyl adjacent to an activating group) is 1. The number of aliphatic imine (C=N–C) groups is 1. The lowest BCUT2D eigenvalue weighted by molar-refractivity contribution is -0.131. The zero-order valence-corrected chi connectivity index (χ0v) is 10.8. The maximum absolute atomic E-state index is 12.4. The van der Waals surface area contributed by atoms with E-state index in [1.54, 1.807) is 18.4 Å². The molecule has 1 unspecified atom stereocenters. The maximum Gasteiger partial charge on any atom is 0.261 e. The van der Waals surface area contributed by atoms with E-state index in [1.165, 1.54) is 14.7 Å². The smallest absolute Gasteiger partial charge is 0.261 e. The van der Waals surface area contributed by atoms with Crippen molar-refractivity contribution in [2.45, 2.75) is 31.7 Å². The molecule has 1 aromatic heterocycles. The number of carbonyl (C=O) groups excluding carboxylic acids is 1. The molecule has 5 heteroatoms. The van der Waals surface area contributed by atoms with E-state index < -0.39 is 5.54 Å². The highest BCUT2D eigenvalue weighted by atomic mass is 32.1. The van der Waals surface area contributed by atoms with E-state index in [4.69, 9.17) is 5.73 Å². The summed E-state index contributed by atoms with van der Waals surface area (Å²) in [6.45, 7) is 2.08. The molecule has 0 aromatic carbocycles. The minimum atomic E-state index is -0.711. The number of carbonyl (C=O) groups is 1. The molecular weight excluding hydrogens is 234 g/mol. The Bertz CT molecular complexity index is 534. The lowest BCUT2D eigenvalue weighted by Crippen LogP contribution is -2.41. The summed E-state index contributed by atoms with van der Waals surface area (Å²) in [4.78, 5) is 20.9. The van der Waals surface area contributed by atoms with Crippen LogP contribution in [0.1, 0.15) is 28.2 Å². The molecule has 1 spiro atoms. The highest BCUT2D eigenvalue weighted by Crippen LogP contribution is 2.45. The maximum atomic E-state index is 12.4.